The highest BCUT2D eigenvalue weighted by Gasteiger charge is 2.30. The van der Waals surface area contributed by atoms with Gasteiger partial charge in [0.05, 0.1) is 26.1 Å². The molecule has 0 heterocycles. The lowest BCUT2D eigenvalue weighted by atomic mass is 10.2. The van der Waals surface area contributed by atoms with Crippen LogP contribution in [0.2, 0.25) is 0 Å². The maximum Gasteiger partial charge on any atom is 0.530 e. The molecule has 0 aliphatic carbocycles. The van der Waals surface area contributed by atoms with Crippen LogP contribution in [0.1, 0.15) is 16.7 Å². The van der Waals surface area contributed by atoms with Crippen molar-refractivity contribution in [3.8, 4) is 11.5 Å². The molecule has 0 atom stereocenters. The molecule has 0 fully saturated rings. The van der Waals surface area contributed by atoms with E-state index < -0.39 is 13.8 Å². The number of rotatable bonds is 13. The fraction of sp³-hybridized carbons (Fsp3) is 0.208. The van der Waals surface area contributed by atoms with Crippen molar-refractivity contribution in [3.05, 3.63) is 95.6 Å². The monoisotopic (exact) mass is 488 g/mol. The summed E-state index contributed by atoms with van der Waals surface area (Å²) in [6, 6.07) is 23.7. The number of phosphoric ester groups is 1. The van der Waals surface area contributed by atoms with Gasteiger partial charge in [0.1, 0.15) is 0 Å². The number of carboxylic acids is 1. The van der Waals surface area contributed by atoms with E-state index in [1.165, 1.54) is 18.9 Å². The molecule has 0 spiro atoms. The first-order valence-corrected chi connectivity index (χ1v) is 12.7. The quantitative estimate of drug-likeness (QED) is 0.296. The van der Waals surface area contributed by atoms with Gasteiger partial charge in [0.25, 0.3) is 0 Å². The number of ether oxygens (including phenoxy) is 1. The number of carbonyl (C=O) groups is 1. The molecule has 33 heavy (non-hydrogen) atoms. The molecule has 3 aromatic rings. The summed E-state index contributed by atoms with van der Waals surface area (Å²) in [6.07, 6.45) is 0. The van der Waals surface area contributed by atoms with Gasteiger partial charge in [0.2, 0.25) is 0 Å². The molecule has 0 radical (unpaired) electrons. The number of carboxylic acid groups (broad SMARTS) is 1. The van der Waals surface area contributed by atoms with Crippen molar-refractivity contribution in [2.45, 2.75) is 19.0 Å². The summed E-state index contributed by atoms with van der Waals surface area (Å²) in [7, 11) is -2.58. The molecule has 0 aliphatic heterocycles. The standard InChI is InChI=1S/C24H25O7PS/c1-28-22-13-12-21(17-33-18-24(25)26)14-23(22)31-32(27,29-15-19-8-4-2-5-9-19)30-16-20-10-6-3-7-11-20/h2-14H,15-18H2,1H3,(H,25,26). The van der Waals surface area contributed by atoms with Crippen LogP contribution in [0.15, 0.2) is 78.9 Å². The van der Waals surface area contributed by atoms with Gasteiger partial charge in [-0.2, -0.15) is 0 Å². The highest BCUT2D eigenvalue weighted by atomic mass is 32.2. The fourth-order valence-corrected chi connectivity index (χ4v) is 4.67. The molecule has 174 valence electrons. The smallest absolute Gasteiger partial charge is 0.493 e. The van der Waals surface area contributed by atoms with Crippen LogP contribution in [0.25, 0.3) is 0 Å². The van der Waals surface area contributed by atoms with Gasteiger partial charge in [0.15, 0.2) is 11.5 Å². The molecule has 9 heteroatoms. The molecule has 3 rings (SSSR count). The SMILES string of the molecule is COc1ccc(CSCC(=O)O)cc1OP(=O)(OCc1ccccc1)OCc1ccccc1. The Morgan fingerprint density at radius 2 is 1.42 bits per heavy atom. The van der Waals surface area contributed by atoms with E-state index in [0.29, 0.717) is 11.5 Å². The van der Waals surface area contributed by atoms with Gasteiger partial charge in [-0.15, -0.1) is 11.8 Å². The molecule has 0 aromatic heterocycles. The van der Waals surface area contributed by atoms with Gasteiger partial charge in [-0.3, -0.25) is 13.8 Å². The Balaban J connectivity index is 1.79. The molecular weight excluding hydrogens is 463 g/mol. The second-order valence-corrected chi connectivity index (χ2v) is 9.51. The van der Waals surface area contributed by atoms with Crippen molar-refractivity contribution < 1.29 is 32.8 Å². The Morgan fingerprint density at radius 1 is 0.848 bits per heavy atom. The summed E-state index contributed by atoms with van der Waals surface area (Å²) in [5, 5.41) is 8.85. The Bertz CT molecular complexity index is 1030. The van der Waals surface area contributed by atoms with Crippen LogP contribution in [-0.4, -0.2) is 23.9 Å². The second kappa shape index (κ2) is 12.5. The molecule has 0 bridgehead atoms. The first-order chi connectivity index (χ1) is 16.0. The van der Waals surface area contributed by atoms with Crippen LogP contribution in [0.5, 0.6) is 11.5 Å². The zero-order valence-electron chi connectivity index (χ0n) is 18.1. The van der Waals surface area contributed by atoms with E-state index in [1.54, 1.807) is 18.2 Å². The number of thioether (sulfide) groups is 1. The first kappa shape index (κ1) is 24.9. The lowest BCUT2D eigenvalue weighted by Crippen LogP contribution is -2.05. The van der Waals surface area contributed by atoms with Crippen molar-refractivity contribution in [3.63, 3.8) is 0 Å². The summed E-state index contributed by atoms with van der Waals surface area (Å²) in [6.45, 7) is 0.0623. The number of methoxy groups -OCH3 is 1. The van der Waals surface area contributed by atoms with E-state index >= 15 is 0 Å². The van der Waals surface area contributed by atoms with E-state index in [1.807, 2.05) is 60.7 Å². The molecular formula is C24H25O7PS. The van der Waals surface area contributed by atoms with Crippen molar-refractivity contribution in [2.24, 2.45) is 0 Å². The molecule has 0 unspecified atom stereocenters. The third-order valence-electron chi connectivity index (χ3n) is 4.40. The molecule has 7 nitrogen and oxygen atoms in total. The molecule has 0 aliphatic rings. The number of hydrogen-bond acceptors (Lipinski definition) is 7. The third-order valence-corrected chi connectivity index (χ3v) is 6.70. The van der Waals surface area contributed by atoms with E-state index in [2.05, 4.69) is 0 Å². The van der Waals surface area contributed by atoms with Crippen molar-refractivity contribution in [2.75, 3.05) is 12.9 Å². The van der Waals surface area contributed by atoms with Gasteiger partial charge in [0, 0.05) is 5.75 Å². The molecule has 1 N–H and O–H groups in total. The number of phosphoric acid groups is 1. The minimum absolute atomic E-state index is 0.0267. The highest BCUT2D eigenvalue weighted by molar-refractivity contribution is 7.99. The normalized spacial score (nSPS) is 11.2. The maximum absolute atomic E-state index is 13.6. The average Bonchev–Trinajstić information content (AvgIpc) is 2.83. The summed E-state index contributed by atoms with van der Waals surface area (Å²) >= 11 is 1.24. The van der Waals surface area contributed by atoms with Gasteiger partial charge in [-0.1, -0.05) is 66.7 Å². The largest absolute Gasteiger partial charge is 0.530 e. The topological polar surface area (TPSA) is 91.3 Å². The predicted molar refractivity (Wildman–Crippen MR) is 127 cm³/mol. The number of aliphatic carboxylic acids is 1. The summed E-state index contributed by atoms with van der Waals surface area (Å²) < 4.78 is 36.1. The minimum atomic E-state index is -4.05. The summed E-state index contributed by atoms with van der Waals surface area (Å²) in [5.74, 6) is 0.0654. The summed E-state index contributed by atoms with van der Waals surface area (Å²) in [5.41, 5.74) is 2.42. The molecule has 0 saturated carbocycles. The lowest BCUT2D eigenvalue weighted by Gasteiger charge is -2.20. The van der Waals surface area contributed by atoms with Gasteiger partial charge >= 0.3 is 13.8 Å². The van der Waals surface area contributed by atoms with E-state index in [-0.39, 0.29) is 24.7 Å². The molecule has 0 amide bonds. The van der Waals surface area contributed by atoms with Crippen molar-refractivity contribution in [1.29, 1.82) is 0 Å². The van der Waals surface area contributed by atoms with Crippen LogP contribution >= 0.6 is 19.6 Å². The van der Waals surface area contributed by atoms with E-state index in [9.17, 15) is 9.36 Å². The Morgan fingerprint density at radius 3 is 1.94 bits per heavy atom. The number of benzene rings is 3. The Hall–Kier alpha value is -2.77. The van der Waals surface area contributed by atoms with Gasteiger partial charge < -0.3 is 14.4 Å². The predicted octanol–water partition coefficient (Wildman–Crippen LogP) is 5.93. The van der Waals surface area contributed by atoms with Crippen LogP contribution in [-0.2, 0) is 37.4 Å². The highest BCUT2D eigenvalue weighted by Crippen LogP contribution is 2.53. The van der Waals surface area contributed by atoms with Crippen molar-refractivity contribution >= 4 is 25.6 Å². The van der Waals surface area contributed by atoms with Crippen LogP contribution in [0, 0.1) is 0 Å². The Labute approximate surface area is 197 Å². The van der Waals surface area contributed by atoms with E-state index in [4.69, 9.17) is 23.4 Å². The number of hydrogen-bond donors (Lipinski definition) is 1. The third kappa shape index (κ3) is 8.26. The van der Waals surface area contributed by atoms with Gasteiger partial charge in [-0.05, 0) is 28.8 Å². The Kier molecular flexibility index (Phi) is 9.39. The van der Waals surface area contributed by atoms with Gasteiger partial charge in [-0.25, -0.2) is 4.57 Å². The first-order valence-electron chi connectivity index (χ1n) is 10.1. The fourth-order valence-electron chi connectivity index (χ4n) is 2.80. The van der Waals surface area contributed by atoms with Crippen molar-refractivity contribution in [1.82, 2.24) is 0 Å². The van der Waals surface area contributed by atoms with Crippen LogP contribution in [0.4, 0.5) is 0 Å². The average molecular weight is 488 g/mol. The second-order valence-electron chi connectivity index (χ2n) is 6.93. The lowest BCUT2D eigenvalue weighted by molar-refractivity contribution is -0.133. The van der Waals surface area contributed by atoms with E-state index in [0.717, 1.165) is 16.7 Å². The summed E-state index contributed by atoms with van der Waals surface area (Å²) in [4.78, 5) is 10.8. The zero-order valence-corrected chi connectivity index (χ0v) is 19.8. The van der Waals surface area contributed by atoms with Crippen LogP contribution < -0.4 is 9.26 Å². The molecule has 0 saturated heterocycles. The van der Waals surface area contributed by atoms with Crippen LogP contribution in [0.3, 0.4) is 0 Å². The molecule has 3 aromatic carbocycles. The zero-order chi connectivity index (χ0) is 23.5. The maximum atomic E-state index is 13.6. The minimum Gasteiger partial charge on any atom is -0.493 e.